The van der Waals surface area contributed by atoms with Crippen LogP contribution in [0.4, 0.5) is 5.82 Å². The number of thiocarbonyl (C=S) groups is 1. The molecule has 2 aromatic heterocycles. The number of anilines is 1. The van der Waals surface area contributed by atoms with Crippen molar-refractivity contribution in [3.05, 3.63) is 48.0 Å². The fraction of sp³-hybridized carbons (Fsp3) is 0.333. The zero-order valence-corrected chi connectivity index (χ0v) is 13.6. The molecule has 0 aromatic carbocycles. The smallest absolute Gasteiger partial charge is 0.171 e. The number of pyridine rings is 1. The first-order valence-corrected chi connectivity index (χ1v) is 8.38. The van der Waals surface area contributed by atoms with Crippen LogP contribution in [0.25, 0.3) is 0 Å². The lowest BCUT2D eigenvalue weighted by atomic mass is 10.3. The Hall–Kier alpha value is -1.53. The van der Waals surface area contributed by atoms with Gasteiger partial charge in [-0.2, -0.15) is 11.8 Å². The molecule has 21 heavy (non-hydrogen) atoms. The summed E-state index contributed by atoms with van der Waals surface area (Å²) >= 11 is 7.11. The van der Waals surface area contributed by atoms with Gasteiger partial charge >= 0.3 is 0 Å². The lowest BCUT2D eigenvalue weighted by Gasteiger charge is -2.11. The molecule has 0 bridgehead atoms. The minimum Gasteiger partial charge on any atom is -0.468 e. The van der Waals surface area contributed by atoms with Gasteiger partial charge in [-0.15, -0.1) is 0 Å². The molecule has 6 heteroatoms. The third kappa shape index (κ3) is 5.77. The third-order valence-corrected chi connectivity index (χ3v) is 4.13. The number of rotatable bonds is 7. The van der Waals surface area contributed by atoms with Gasteiger partial charge in [0.2, 0.25) is 0 Å². The van der Waals surface area contributed by atoms with Crippen molar-refractivity contribution in [2.45, 2.75) is 19.1 Å². The molecule has 0 spiro atoms. The van der Waals surface area contributed by atoms with Crippen LogP contribution in [0.5, 0.6) is 0 Å². The van der Waals surface area contributed by atoms with Crippen molar-refractivity contribution in [2.75, 3.05) is 17.6 Å². The Bertz CT molecular complexity index is 558. The van der Waals surface area contributed by atoms with Crippen LogP contribution in [0.15, 0.2) is 41.1 Å². The Kier molecular flexibility index (Phi) is 6.56. The molecule has 0 aliphatic carbocycles. The topological polar surface area (TPSA) is 50.1 Å². The maximum absolute atomic E-state index is 5.28. The summed E-state index contributed by atoms with van der Waals surface area (Å²) in [6, 6.07) is 7.83. The summed E-state index contributed by atoms with van der Waals surface area (Å²) < 4.78 is 5.28. The van der Waals surface area contributed by atoms with Gasteiger partial charge in [0, 0.05) is 12.7 Å². The number of hydrogen-bond donors (Lipinski definition) is 2. The summed E-state index contributed by atoms with van der Waals surface area (Å²) in [5.74, 6) is 3.82. The van der Waals surface area contributed by atoms with E-state index < -0.39 is 0 Å². The number of aryl methyl sites for hydroxylation is 1. The van der Waals surface area contributed by atoms with Crippen molar-refractivity contribution < 1.29 is 4.42 Å². The van der Waals surface area contributed by atoms with Crippen molar-refractivity contribution in [3.8, 4) is 0 Å². The van der Waals surface area contributed by atoms with Crippen LogP contribution in [0, 0.1) is 6.92 Å². The van der Waals surface area contributed by atoms with E-state index >= 15 is 0 Å². The molecule has 112 valence electrons. The average Bonchev–Trinajstić information content (AvgIpc) is 2.98. The van der Waals surface area contributed by atoms with Crippen LogP contribution in [0.3, 0.4) is 0 Å². The highest BCUT2D eigenvalue weighted by Crippen LogP contribution is 2.13. The summed E-state index contributed by atoms with van der Waals surface area (Å²) in [7, 11) is 0. The SMILES string of the molecule is Cc1cccnc1NC(=S)NCCCSCc1ccco1. The second kappa shape index (κ2) is 8.69. The largest absolute Gasteiger partial charge is 0.468 e. The first-order chi connectivity index (χ1) is 10.3. The molecule has 0 atom stereocenters. The molecule has 2 heterocycles. The van der Waals surface area contributed by atoms with E-state index in [-0.39, 0.29) is 0 Å². The van der Waals surface area contributed by atoms with Gasteiger partial charge in [0.1, 0.15) is 11.6 Å². The van der Waals surface area contributed by atoms with Gasteiger partial charge < -0.3 is 15.1 Å². The summed E-state index contributed by atoms with van der Waals surface area (Å²) in [4.78, 5) is 4.25. The molecule has 2 rings (SSSR count). The predicted octanol–water partition coefficient (Wildman–Crippen LogP) is 3.59. The van der Waals surface area contributed by atoms with E-state index in [1.807, 2.05) is 43.0 Å². The first-order valence-electron chi connectivity index (χ1n) is 6.82. The van der Waals surface area contributed by atoms with E-state index in [9.17, 15) is 0 Å². The molecule has 0 saturated heterocycles. The van der Waals surface area contributed by atoms with Crippen LogP contribution in [-0.2, 0) is 5.75 Å². The first kappa shape index (κ1) is 15.9. The monoisotopic (exact) mass is 321 g/mol. The molecule has 0 radical (unpaired) electrons. The minimum atomic E-state index is 0.618. The van der Waals surface area contributed by atoms with E-state index in [1.165, 1.54) is 0 Å². The number of nitrogens with zero attached hydrogens (tertiary/aromatic N) is 1. The minimum absolute atomic E-state index is 0.618. The van der Waals surface area contributed by atoms with Gasteiger partial charge in [-0.25, -0.2) is 4.98 Å². The van der Waals surface area contributed by atoms with Gasteiger partial charge in [0.25, 0.3) is 0 Å². The lowest BCUT2D eigenvalue weighted by Crippen LogP contribution is -2.30. The molecule has 0 aliphatic heterocycles. The zero-order valence-electron chi connectivity index (χ0n) is 12.0. The Balaban J connectivity index is 1.56. The van der Waals surface area contributed by atoms with E-state index in [2.05, 4.69) is 15.6 Å². The molecule has 0 amide bonds. The van der Waals surface area contributed by atoms with Crippen LogP contribution in [0.2, 0.25) is 0 Å². The van der Waals surface area contributed by atoms with Crippen molar-refractivity contribution in [1.29, 1.82) is 0 Å². The van der Waals surface area contributed by atoms with Crippen molar-refractivity contribution in [3.63, 3.8) is 0 Å². The van der Waals surface area contributed by atoms with Crippen LogP contribution in [0.1, 0.15) is 17.7 Å². The van der Waals surface area contributed by atoms with Gasteiger partial charge in [0.15, 0.2) is 5.11 Å². The number of thioether (sulfide) groups is 1. The Morgan fingerprint density at radius 3 is 3.05 bits per heavy atom. The summed E-state index contributed by atoms with van der Waals surface area (Å²) in [6.45, 7) is 2.85. The molecular formula is C15H19N3OS2. The van der Waals surface area contributed by atoms with E-state index in [1.54, 1.807) is 12.5 Å². The van der Waals surface area contributed by atoms with E-state index in [0.29, 0.717) is 5.11 Å². The lowest BCUT2D eigenvalue weighted by molar-refractivity contribution is 0.530. The molecule has 0 unspecified atom stereocenters. The van der Waals surface area contributed by atoms with Gasteiger partial charge in [-0.05, 0) is 55.1 Å². The Labute approximate surface area is 134 Å². The van der Waals surface area contributed by atoms with Gasteiger partial charge in [0.05, 0.1) is 12.0 Å². The van der Waals surface area contributed by atoms with Crippen molar-refractivity contribution in [1.82, 2.24) is 10.3 Å². The third-order valence-electron chi connectivity index (χ3n) is 2.82. The van der Waals surface area contributed by atoms with E-state index in [0.717, 1.165) is 41.6 Å². The Morgan fingerprint density at radius 1 is 1.38 bits per heavy atom. The standard InChI is InChI=1S/C15H19N3OS2/c1-12-5-2-7-16-14(12)18-15(20)17-8-4-10-21-11-13-6-3-9-19-13/h2-3,5-7,9H,4,8,10-11H2,1H3,(H2,16,17,18,20). The van der Waals surface area contributed by atoms with Crippen LogP contribution < -0.4 is 10.6 Å². The number of aromatic nitrogens is 1. The number of furan rings is 1. The predicted molar refractivity (Wildman–Crippen MR) is 92.7 cm³/mol. The molecule has 2 aromatic rings. The van der Waals surface area contributed by atoms with Crippen molar-refractivity contribution in [2.24, 2.45) is 0 Å². The number of hydrogen-bond acceptors (Lipinski definition) is 4. The molecular weight excluding hydrogens is 302 g/mol. The highest BCUT2D eigenvalue weighted by Gasteiger charge is 2.01. The summed E-state index contributed by atoms with van der Waals surface area (Å²) in [5.41, 5.74) is 1.08. The molecule has 0 aliphatic rings. The van der Waals surface area contributed by atoms with Crippen LogP contribution in [-0.4, -0.2) is 22.4 Å². The maximum atomic E-state index is 5.28. The molecule has 0 fully saturated rings. The summed E-state index contributed by atoms with van der Waals surface area (Å²) in [5, 5.41) is 6.92. The fourth-order valence-corrected chi connectivity index (χ4v) is 2.77. The Morgan fingerprint density at radius 2 is 2.29 bits per heavy atom. The average molecular weight is 321 g/mol. The second-order valence-corrected chi connectivity index (χ2v) is 6.05. The van der Waals surface area contributed by atoms with Gasteiger partial charge in [-0.1, -0.05) is 6.07 Å². The summed E-state index contributed by atoms with van der Waals surface area (Å²) in [6.07, 6.45) is 4.51. The quantitative estimate of drug-likeness (QED) is 0.600. The normalized spacial score (nSPS) is 10.3. The highest BCUT2D eigenvalue weighted by atomic mass is 32.2. The highest BCUT2D eigenvalue weighted by molar-refractivity contribution is 7.98. The molecule has 0 saturated carbocycles. The molecule has 4 nitrogen and oxygen atoms in total. The van der Waals surface area contributed by atoms with Gasteiger partial charge in [-0.3, -0.25) is 0 Å². The maximum Gasteiger partial charge on any atom is 0.171 e. The zero-order chi connectivity index (χ0) is 14.9. The molecule has 2 N–H and O–H groups in total. The van der Waals surface area contributed by atoms with Crippen LogP contribution >= 0.6 is 24.0 Å². The van der Waals surface area contributed by atoms with Crippen molar-refractivity contribution >= 4 is 34.9 Å². The second-order valence-electron chi connectivity index (χ2n) is 4.54. The van der Waals surface area contributed by atoms with E-state index in [4.69, 9.17) is 16.6 Å². The fourth-order valence-electron chi connectivity index (χ4n) is 1.71. The number of nitrogens with one attached hydrogen (secondary N) is 2.